The van der Waals surface area contributed by atoms with Gasteiger partial charge in [-0.05, 0) is 25.8 Å². The Morgan fingerprint density at radius 1 is 1.00 bits per heavy atom. The maximum Gasteiger partial charge on any atom is 0.239 e. The minimum atomic E-state index is -0.0749. The molecule has 0 heterocycles. The van der Waals surface area contributed by atoms with Crippen LogP contribution in [0.5, 0.6) is 0 Å². The monoisotopic (exact) mass is 257 g/mol. The van der Waals surface area contributed by atoms with Crippen LogP contribution in [0.15, 0.2) is 0 Å². The van der Waals surface area contributed by atoms with Crippen molar-refractivity contribution < 1.29 is 9.59 Å². The molecule has 0 rings (SSSR count). The summed E-state index contributed by atoms with van der Waals surface area (Å²) < 4.78 is 0. The molecule has 5 nitrogen and oxygen atoms in total. The van der Waals surface area contributed by atoms with Gasteiger partial charge in [0, 0.05) is 13.1 Å². The highest BCUT2D eigenvalue weighted by molar-refractivity contribution is 5.85. The highest BCUT2D eigenvalue weighted by atomic mass is 16.2. The Bertz CT molecular complexity index is 244. The fraction of sp³-hybridized carbons (Fsp3) is 0.846. The van der Waals surface area contributed by atoms with E-state index in [1.165, 1.54) is 0 Å². The molecule has 0 aromatic heterocycles. The van der Waals surface area contributed by atoms with Crippen molar-refractivity contribution in [1.29, 1.82) is 0 Å². The van der Waals surface area contributed by atoms with Crippen LogP contribution in [0.25, 0.3) is 0 Å². The van der Waals surface area contributed by atoms with E-state index in [2.05, 4.69) is 17.6 Å². The molecule has 106 valence electrons. The summed E-state index contributed by atoms with van der Waals surface area (Å²) in [5.74, 6) is -0.0777. The minimum Gasteiger partial charge on any atom is -0.355 e. The number of amides is 2. The first-order valence-electron chi connectivity index (χ1n) is 6.90. The van der Waals surface area contributed by atoms with Crippen molar-refractivity contribution in [3.63, 3.8) is 0 Å². The lowest BCUT2D eigenvalue weighted by Crippen LogP contribution is -2.44. The number of nitrogens with zero attached hydrogens (tertiary/aromatic N) is 1. The summed E-state index contributed by atoms with van der Waals surface area (Å²) in [6.07, 6.45) is 2.77. The van der Waals surface area contributed by atoms with Crippen LogP contribution in [0.1, 0.15) is 40.0 Å². The number of rotatable bonds is 10. The molecule has 0 aromatic carbocycles. The fourth-order valence-electron chi connectivity index (χ4n) is 1.54. The Morgan fingerprint density at radius 3 is 2.22 bits per heavy atom. The second kappa shape index (κ2) is 11.0. The van der Waals surface area contributed by atoms with E-state index in [0.29, 0.717) is 19.6 Å². The van der Waals surface area contributed by atoms with Gasteiger partial charge in [0.2, 0.25) is 11.8 Å². The number of carbonyl (C=O) groups excluding carboxylic acids is 2. The van der Waals surface area contributed by atoms with Crippen molar-refractivity contribution >= 4 is 11.8 Å². The zero-order valence-electron chi connectivity index (χ0n) is 11.9. The van der Waals surface area contributed by atoms with Gasteiger partial charge in [0.25, 0.3) is 0 Å². The molecular weight excluding hydrogens is 230 g/mol. The van der Waals surface area contributed by atoms with Gasteiger partial charge in [-0.2, -0.15) is 0 Å². The summed E-state index contributed by atoms with van der Waals surface area (Å²) in [7, 11) is 0. The molecular formula is C13H27N3O2. The van der Waals surface area contributed by atoms with Crippen LogP contribution < -0.4 is 10.6 Å². The maximum atomic E-state index is 11.9. The van der Waals surface area contributed by atoms with Crippen molar-refractivity contribution in [3.8, 4) is 0 Å². The summed E-state index contributed by atoms with van der Waals surface area (Å²) in [6, 6.07) is 0. The zero-order valence-corrected chi connectivity index (χ0v) is 11.9. The molecule has 0 spiro atoms. The number of nitrogens with one attached hydrogen (secondary N) is 2. The van der Waals surface area contributed by atoms with Crippen LogP contribution in [-0.2, 0) is 9.59 Å². The fourth-order valence-corrected chi connectivity index (χ4v) is 1.54. The smallest absolute Gasteiger partial charge is 0.239 e. The van der Waals surface area contributed by atoms with Crippen molar-refractivity contribution in [1.82, 2.24) is 15.5 Å². The zero-order chi connectivity index (χ0) is 13.8. The molecule has 0 atom stereocenters. The average Bonchev–Trinajstić information content (AvgIpc) is 2.36. The van der Waals surface area contributed by atoms with E-state index in [4.69, 9.17) is 0 Å². The van der Waals surface area contributed by atoms with E-state index < -0.39 is 0 Å². The van der Waals surface area contributed by atoms with Crippen LogP contribution in [0.2, 0.25) is 0 Å². The molecule has 0 bridgehead atoms. The van der Waals surface area contributed by atoms with Crippen LogP contribution >= 0.6 is 0 Å². The van der Waals surface area contributed by atoms with Crippen LogP contribution in [0, 0.1) is 0 Å². The lowest BCUT2D eigenvalue weighted by molar-refractivity contribution is -0.135. The molecule has 2 N–H and O–H groups in total. The van der Waals surface area contributed by atoms with E-state index >= 15 is 0 Å². The first-order valence-corrected chi connectivity index (χ1v) is 6.90. The molecule has 0 unspecified atom stereocenters. The molecule has 0 aliphatic rings. The minimum absolute atomic E-state index is 0.00283. The Balaban J connectivity index is 4.10. The molecule has 0 aromatic rings. The summed E-state index contributed by atoms with van der Waals surface area (Å²) in [6.45, 7) is 8.67. The Morgan fingerprint density at radius 2 is 1.67 bits per heavy atom. The third-order valence-electron chi connectivity index (χ3n) is 2.46. The predicted octanol–water partition coefficient (Wildman–Crippen LogP) is 0.751. The summed E-state index contributed by atoms with van der Waals surface area (Å²) in [5, 5.41) is 5.86. The predicted molar refractivity (Wildman–Crippen MR) is 73.3 cm³/mol. The molecule has 5 heteroatoms. The van der Waals surface area contributed by atoms with Gasteiger partial charge in [-0.25, -0.2) is 0 Å². The standard InChI is InChI=1S/C13H27N3O2/c1-4-7-14-10-13(18)16(9-6-3)11-12(17)15-8-5-2/h14H,4-11H2,1-3H3,(H,15,17). The third kappa shape index (κ3) is 8.06. The van der Waals surface area contributed by atoms with Crippen molar-refractivity contribution in [3.05, 3.63) is 0 Å². The molecule has 2 amide bonds. The lowest BCUT2D eigenvalue weighted by atomic mass is 10.3. The summed E-state index contributed by atoms with van der Waals surface area (Å²) in [4.78, 5) is 25.1. The summed E-state index contributed by atoms with van der Waals surface area (Å²) >= 11 is 0. The SMILES string of the molecule is CCCNCC(=O)N(CCC)CC(=O)NCCC. The van der Waals surface area contributed by atoms with Crippen LogP contribution in [0.4, 0.5) is 0 Å². The first-order chi connectivity index (χ1) is 8.65. The number of hydrogen-bond acceptors (Lipinski definition) is 3. The maximum absolute atomic E-state index is 11.9. The molecule has 0 aliphatic heterocycles. The van der Waals surface area contributed by atoms with E-state index in [0.717, 1.165) is 25.8 Å². The van der Waals surface area contributed by atoms with Crippen LogP contribution in [0.3, 0.4) is 0 Å². The Labute approximate surface area is 110 Å². The van der Waals surface area contributed by atoms with Crippen molar-refractivity contribution in [2.75, 3.05) is 32.7 Å². The highest BCUT2D eigenvalue weighted by Crippen LogP contribution is 1.93. The van der Waals surface area contributed by atoms with Gasteiger partial charge in [-0.1, -0.05) is 20.8 Å². The van der Waals surface area contributed by atoms with E-state index in [1.54, 1.807) is 4.90 Å². The molecule has 18 heavy (non-hydrogen) atoms. The van der Waals surface area contributed by atoms with Gasteiger partial charge in [0.1, 0.15) is 0 Å². The molecule has 0 saturated heterocycles. The average molecular weight is 257 g/mol. The quantitative estimate of drug-likeness (QED) is 0.568. The second-order valence-electron chi connectivity index (χ2n) is 4.34. The second-order valence-corrected chi connectivity index (χ2v) is 4.34. The normalized spacial score (nSPS) is 10.2. The molecule has 0 saturated carbocycles. The highest BCUT2D eigenvalue weighted by Gasteiger charge is 2.15. The van der Waals surface area contributed by atoms with Crippen LogP contribution in [-0.4, -0.2) is 49.4 Å². The molecule has 0 aliphatic carbocycles. The summed E-state index contributed by atoms with van der Waals surface area (Å²) in [5.41, 5.74) is 0. The van der Waals surface area contributed by atoms with Gasteiger partial charge in [-0.3, -0.25) is 9.59 Å². The van der Waals surface area contributed by atoms with Crippen molar-refractivity contribution in [2.24, 2.45) is 0 Å². The third-order valence-corrected chi connectivity index (χ3v) is 2.46. The molecule has 0 fully saturated rings. The van der Waals surface area contributed by atoms with Crippen molar-refractivity contribution in [2.45, 2.75) is 40.0 Å². The Kier molecular flexibility index (Phi) is 10.3. The van der Waals surface area contributed by atoms with Gasteiger partial charge in [-0.15, -0.1) is 0 Å². The van der Waals surface area contributed by atoms with Gasteiger partial charge >= 0.3 is 0 Å². The number of carbonyl (C=O) groups is 2. The topological polar surface area (TPSA) is 61.4 Å². The Hall–Kier alpha value is -1.10. The van der Waals surface area contributed by atoms with Gasteiger partial charge < -0.3 is 15.5 Å². The first kappa shape index (κ1) is 16.9. The van der Waals surface area contributed by atoms with Gasteiger partial charge in [0.05, 0.1) is 13.1 Å². The van der Waals surface area contributed by atoms with Gasteiger partial charge in [0.15, 0.2) is 0 Å². The number of hydrogen-bond donors (Lipinski definition) is 2. The molecule has 0 radical (unpaired) electrons. The van der Waals surface area contributed by atoms with E-state index in [9.17, 15) is 9.59 Å². The lowest BCUT2D eigenvalue weighted by Gasteiger charge is -2.21. The van der Waals surface area contributed by atoms with E-state index in [1.807, 2.05) is 13.8 Å². The van der Waals surface area contributed by atoms with E-state index in [-0.39, 0.29) is 18.4 Å². The largest absolute Gasteiger partial charge is 0.355 e.